The number of hydrogen-bond acceptors (Lipinski definition) is 4. The van der Waals surface area contributed by atoms with E-state index < -0.39 is 0 Å². The molecule has 0 atom stereocenters. The fourth-order valence-electron chi connectivity index (χ4n) is 1.62. The zero-order valence-electron chi connectivity index (χ0n) is 11.0. The van der Waals surface area contributed by atoms with Crippen molar-refractivity contribution >= 4 is 33.2 Å². The van der Waals surface area contributed by atoms with Crippen LogP contribution in [0.4, 0.5) is 11.4 Å². The van der Waals surface area contributed by atoms with Crippen molar-refractivity contribution in [2.24, 2.45) is 0 Å². The average molecular weight is 315 g/mol. The predicted octanol–water partition coefficient (Wildman–Crippen LogP) is 1.73. The smallest absolute Gasteiger partial charge is 0.241 e. The summed E-state index contributed by atoms with van der Waals surface area (Å²) in [6, 6.07) is 0. The van der Waals surface area contributed by atoms with E-state index in [1.165, 1.54) is 0 Å². The van der Waals surface area contributed by atoms with Crippen molar-refractivity contribution in [3.63, 3.8) is 0 Å². The summed E-state index contributed by atoms with van der Waals surface area (Å²) in [5, 5.41) is 0. The molecule has 0 fully saturated rings. The third-order valence-corrected chi connectivity index (χ3v) is 3.12. The molecule has 0 unspecified atom stereocenters. The normalized spacial score (nSPS) is 10.2. The van der Waals surface area contributed by atoms with Crippen LogP contribution in [0.2, 0.25) is 0 Å². The van der Waals surface area contributed by atoms with Crippen LogP contribution in [0.5, 0.6) is 0 Å². The Bertz CT molecular complexity index is 402. The molecular weight excluding hydrogens is 296 g/mol. The summed E-state index contributed by atoms with van der Waals surface area (Å²) >= 11 is 3.44. The molecule has 0 aliphatic heterocycles. The number of carbonyl (C=O) groups excluding carboxylic acids is 1. The first-order valence-corrected chi connectivity index (χ1v) is 6.60. The van der Waals surface area contributed by atoms with E-state index in [9.17, 15) is 4.79 Å². The fourth-order valence-corrected chi connectivity index (χ4v) is 2.22. The Labute approximate surface area is 116 Å². The number of nitrogens with two attached hydrogens (primary N) is 1. The van der Waals surface area contributed by atoms with Crippen LogP contribution in [0.15, 0.2) is 16.9 Å². The topological polar surface area (TPSA) is 62.5 Å². The Kier molecular flexibility index (Phi) is 5.40. The molecule has 1 aromatic rings. The van der Waals surface area contributed by atoms with E-state index in [1.807, 2.05) is 4.90 Å². The van der Waals surface area contributed by atoms with Gasteiger partial charge in [0.2, 0.25) is 5.91 Å². The van der Waals surface area contributed by atoms with Crippen LogP contribution in [0.3, 0.4) is 0 Å². The van der Waals surface area contributed by atoms with Gasteiger partial charge in [0, 0.05) is 26.8 Å². The van der Waals surface area contributed by atoms with E-state index >= 15 is 0 Å². The SMILES string of the molecule is CCCN(CC(=O)N(C)C)c1c(N)cncc1Br. The van der Waals surface area contributed by atoms with Crippen LogP contribution in [0.25, 0.3) is 0 Å². The summed E-state index contributed by atoms with van der Waals surface area (Å²) in [5.41, 5.74) is 7.35. The third kappa shape index (κ3) is 3.60. The van der Waals surface area contributed by atoms with Gasteiger partial charge in [-0.25, -0.2) is 0 Å². The van der Waals surface area contributed by atoms with Crippen molar-refractivity contribution in [1.82, 2.24) is 9.88 Å². The van der Waals surface area contributed by atoms with E-state index in [4.69, 9.17) is 5.73 Å². The van der Waals surface area contributed by atoms with E-state index in [1.54, 1.807) is 31.4 Å². The molecule has 0 saturated heterocycles. The van der Waals surface area contributed by atoms with Crippen molar-refractivity contribution in [2.75, 3.05) is 37.8 Å². The molecule has 18 heavy (non-hydrogen) atoms. The minimum atomic E-state index is 0.0477. The van der Waals surface area contributed by atoms with Gasteiger partial charge in [0.05, 0.1) is 28.6 Å². The van der Waals surface area contributed by atoms with E-state index in [2.05, 4.69) is 27.8 Å². The fraction of sp³-hybridized carbons (Fsp3) is 0.500. The number of anilines is 2. The Hall–Kier alpha value is -1.30. The van der Waals surface area contributed by atoms with E-state index in [0.717, 1.165) is 23.1 Å². The summed E-state index contributed by atoms with van der Waals surface area (Å²) in [7, 11) is 3.49. The van der Waals surface area contributed by atoms with Gasteiger partial charge in [-0.2, -0.15) is 0 Å². The number of aromatic nitrogens is 1. The first-order valence-electron chi connectivity index (χ1n) is 5.81. The molecular formula is C12H19BrN4O. The highest BCUT2D eigenvalue weighted by Crippen LogP contribution is 2.31. The van der Waals surface area contributed by atoms with Crippen LogP contribution >= 0.6 is 15.9 Å². The molecule has 0 aliphatic rings. The van der Waals surface area contributed by atoms with Gasteiger partial charge in [-0.05, 0) is 22.4 Å². The van der Waals surface area contributed by atoms with Gasteiger partial charge in [-0.3, -0.25) is 9.78 Å². The van der Waals surface area contributed by atoms with Gasteiger partial charge in [-0.1, -0.05) is 6.92 Å². The second-order valence-electron chi connectivity index (χ2n) is 4.27. The Morgan fingerprint density at radius 2 is 2.11 bits per heavy atom. The predicted molar refractivity (Wildman–Crippen MR) is 77.5 cm³/mol. The summed E-state index contributed by atoms with van der Waals surface area (Å²) in [5.74, 6) is 0.0477. The number of nitrogens with zero attached hydrogens (tertiary/aromatic N) is 3. The number of rotatable bonds is 5. The van der Waals surface area contributed by atoms with Gasteiger partial charge in [0.25, 0.3) is 0 Å². The highest BCUT2D eigenvalue weighted by molar-refractivity contribution is 9.10. The monoisotopic (exact) mass is 314 g/mol. The second-order valence-corrected chi connectivity index (χ2v) is 5.12. The van der Waals surface area contributed by atoms with Gasteiger partial charge < -0.3 is 15.5 Å². The first-order chi connectivity index (χ1) is 8.47. The maximum Gasteiger partial charge on any atom is 0.241 e. The van der Waals surface area contributed by atoms with Gasteiger partial charge in [0.15, 0.2) is 0 Å². The van der Waals surface area contributed by atoms with Gasteiger partial charge in [0.1, 0.15) is 0 Å². The third-order valence-electron chi connectivity index (χ3n) is 2.54. The number of likely N-dealkylation sites (N-methyl/N-ethyl adjacent to an activating group) is 1. The molecule has 0 aromatic carbocycles. The van der Waals surface area contributed by atoms with Crippen LogP contribution in [0, 0.1) is 0 Å². The minimum absolute atomic E-state index is 0.0477. The molecule has 0 radical (unpaired) electrons. The van der Waals surface area contributed by atoms with E-state index in [0.29, 0.717) is 12.2 Å². The maximum absolute atomic E-state index is 11.8. The molecule has 6 heteroatoms. The lowest BCUT2D eigenvalue weighted by molar-refractivity contribution is -0.127. The number of hydrogen-bond donors (Lipinski definition) is 1. The number of nitrogen functional groups attached to an aromatic ring is 1. The zero-order chi connectivity index (χ0) is 13.7. The van der Waals surface area contributed by atoms with Crippen molar-refractivity contribution in [3.8, 4) is 0 Å². The number of carbonyl (C=O) groups is 1. The molecule has 0 saturated carbocycles. The van der Waals surface area contributed by atoms with Crippen molar-refractivity contribution in [1.29, 1.82) is 0 Å². The Morgan fingerprint density at radius 3 is 2.61 bits per heavy atom. The highest BCUT2D eigenvalue weighted by atomic mass is 79.9. The largest absolute Gasteiger partial charge is 0.396 e. The number of halogens is 1. The summed E-state index contributed by atoms with van der Waals surface area (Å²) in [6.45, 7) is 3.15. The minimum Gasteiger partial charge on any atom is -0.396 e. The highest BCUT2D eigenvalue weighted by Gasteiger charge is 2.17. The molecule has 5 nitrogen and oxygen atoms in total. The molecule has 1 heterocycles. The average Bonchev–Trinajstić information content (AvgIpc) is 2.28. The molecule has 100 valence electrons. The van der Waals surface area contributed by atoms with Crippen molar-refractivity contribution < 1.29 is 4.79 Å². The van der Waals surface area contributed by atoms with Crippen molar-refractivity contribution in [2.45, 2.75) is 13.3 Å². The molecule has 2 N–H and O–H groups in total. The molecule has 0 spiro atoms. The molecule has 0 bridgehead atoms. The number of pyridine rings is 1. The molecule has 0 aliphatic carbocycles. The Balaban J connectivity index is 3.01. The van der Waals surface area contributed by atoms with Crippen LogP contribution in [0.1, 0.15) is 13.3 Å². The summed E-state index contributed by atoms with van der Waals surface area (Å²) in [4.78, 5) is 19.4. The van der Waals surface area contributed by atoms with Gasteiger partial charge in [-0.15, -0.1) is 0 Å². The quantitative estimate of drug-likeness (QED) is 0.899. The molecule has 1 amide bonds. The lowest BCUT2D eigenvalue weighted by Gasteiger charge is -2.27. The van der Waals surface area contributed by atoms with Crippen LogP contribution < -0.4 is 10.6 Å². The van der Waals surface area contributed by atoms with E-state index in [-0.39, 0.29) is 5.91 Å². The summed E-state index contributed by atoms with van der Waals surface area (Å²) < 4.78 is 0.808. The molecule has 1 aromatic heterocycles. The second kappa shape index (κ2) is 6.58. The molecule has 1 rings (SSSR count). The first kappa shape index (κ1) is 14.8. The van der Waals surface area contributed by atoms with Gasteiger partial charge >= 0.3 is 0 Å². The maximum atomic E-state index is 11.8. The van der Waals surface area contributed by atoms with Crippen molar-refractivity contribution in [3.05, 3.63) is 16.9 Å². The lowest BCUT2D eigenvalue weighted by Crippen LogP contribution is -2.37. The summed E-state index contributed by atoms with van der Waals surface area (Å²) in [6.07, 6.45) is 4.23. The van der Waals surface area contributed by atoms with Crippen LogP contribution in [-0.4, -0.2) is 43.0 Å². The van der Waals surface area contributed by atoms with Crippen LogP contribution in [-0.2, 0) is 4.79 Å². The zero-order valence-corrected chi connectivity index (χ0v) is 12.6. The Morgan fingerprint density at radius 1 is 1.44 bits per heavy atom. The standard InChI is InChI=1S/C12H19BrN4O/c1-4-5-17(8-11(18)16(2)3)12-9(13)6-15-7-10(12)14/h6-7H,4-5,8,14H2,1-3H3. The number of amides is 1. The lowest BCUT2D eigenvalue weighted by atomic mass is 10.2.